The van der Waals surface area contributed by atoms with E-state index >= 15 is 0 Å². The van der Waals surface area contributed by atoms with E-state index in [0.717, 1.165) is 23.8 Å². The Morgan fingerprint density at radius 1 is 1.24 bits per heavy atom. The molecular weight excluding hydrogens is 403 g/mol. The Kier molecular flexibility index (Phi) is 6.49. The lowest BCUT2D eigenvalue weighted by Gasteiger charge is -2.30. The highest BCUT2D eigenvalue weighted by Crippen LogP contribution is 2.37. The molecule has 0 saturated heterocycles. The van der Waals surface area contributed by atoms with Gasteiger partial charge in [-0.3, -0.25) is 4.79 Å². The van der Waals surface area contributed by atoms with E-state index in [1.165, 1.54) is 6.92 Å². The second-order valence-corrected chi connectivity index (χ2v) is 7.07. The molecule has 3 N–H and O–H groups in total. The Morgan fingerprint density at radius 3 is 2.38 bits per heavy atom. The molecule has 2 aromatic carbocycles. The maximum Gasteiger partial charge on any atom is 0.419 e. The second-order valence-electron chi connectivity index (χ2n) is 6.63. The van der Waals surface area contributed by atoms with Crippen molar-refractivity contribution in [1.82, 2.24) is 5.32 Å². The molecule has 5 nitrogen and oxygen atoms in total. The molecule has 1 amide bonds. The van der Waals surface area contributed by atoms with Crippen LogP contribution in [-0.4, -0.2) is 23.0 Å². The Labute approximate surface area is 171 Å². The van der Waals surface area contributed by atoms with Crippen molar-refractivity contribution in [3.63, 3.8) is 0 Å². The zero-order valence-electron chi connectivity index (χ0n) is 15.6. The predicted molar refractivity (Wildman–Crippen MR) is 105 cm³/mol. The lowest BCUT2D eigenvalue weighted by Crippen LogP contribution is -2.58. The van der Waals surface area contributed by atoms with Crippen molar-refractivity contribution in [2.75, 3.05) is 6.61 Å². The molecule has 0 spiro atoms. The van der Waals surface area contributed by atoms with Crippen LogP contribution in [-0.2, 0) is 6.18 Å². The first-order valence-electron chi connectivity index (χ1n) is 8.39. The summed E-state index contributed by atoms with van der Waals surface area (Å²) >= 11 is 5.00. The lowest BCUT2D eigenvalue weighted by atomic mass is 10.0. The summed E-state index contributed by atoms with van der Waals surface area (Å²) in [4.78, 5) is 12.3. The number of nitriles is 1. The summed E-state index contributed by atoms with van der Waals surface area (Å²) in [6.07, 6.45) is -4.69. The number of benzene rings is 2. The molecule has 152 valence electrons. The number of halogens is 3. The van der Waals surface area contributed by atoms with Gasteiger partial charge in [-0.05, 0) is 44.2 Å². The van der Waals surface area contributed by atoms with Gasteiger partial charge in [-0.1, -0.05) is 29.9 Å². The summed E-state index contributed by atoms with van der Waals surface area (Å²) in [5.74, 6) is -1.06. The van der Waals surface area contributed by atoms with E-state index in [1.54, 1.807) is 30.3 Å². The number of carbonyl (C=O) groups is 1. The number of hydrogen-bond donors (Lipinski definition) is 2. The summed E-state index contributed by atoms with van der Waals surface area (Å²) in [6, 6.07) is 11.2. The van der Waals surface area contributed by atoms with E-state index in [4.69, 9.17) is 28.0 Å². The number of ether oxygens (including phenoxy) is 1. The average molecular weight is 421 g/mol. The molecule has 2 rings (SSSR count). The molecule has 9 heteroatoms. The molecule has 0 aromatic heterocycles. The van der Waals surface area contributed by atoms with Crippen LogP contribution < -0.4 is 15.8 Å². The van der Waals surface area contributed by atoms with E-state index in [2.05, 4.69) is 5.32 Å². The van der Waals surface area contributed by atoms with Crippen molar-refractivity contribution < 1.29 is 22.7 Å². The summed E-state index contributed by atoms with van der Waals surface area (Å²) in [6.45, 7) is 2.85. The van der Waals surface area contributed by atoms with Gasteiger partial charge < -0.3 is 15.8 Å². The SMILES string of the molecule is Cc1ccc(C(=O)NC(C)(COc2cc(C#N)ccc2C(F)(F)F)C(N)=S)cc1. The number of amides is 1. The topological polar surface area (TPSA) is 88.1 Å². The minimum atomic E-state index is -4.69. The van der Waals surface area contributed by atoms with Gasteiger partial charge in [-0.2, -0.15) is 18.4 Å². The fraction of sp³-hybridized carbons (Fsp3) is 0.250. The van der Waals surface area contributed by atoms with Gasteiger partial charge in [0.25, 0.3) is 5.91 Å². The van der Waals surface area contributed by atoms with Gasteiger partial charge in [0, 0.05) is 5.56 Å². The van der Waals surface area contributed by atoms with Gasteiger partial charge in [0.15, 0.2) is 0 Å². The van der Waals surface area contributed by atoms with Crippen LogP contribution in [0.15, 0.2) is 42.5 Å². The number of thiocarbonyl (C=S) groups is 1. The molecule has 29 heavy (non-hydrogen) atoms. The molecule has 2 aromatic rings. The molecule has 1 unspecified atom stereocenters. The van der Waals surface area contributed by atoms with Crippen molar-refractivity contribution in [2.24, 2.45) is 5.73 Å². The van der Waals surface area contributed by atoms with Crippen LogP contribution in [0.1, 0.15) is 34.0 Å². The van der Waals surface area contributed by atoms with Crippen LogP contribution in [0, 0.1) is 18.3 Å². The first-order chi connectivity index (χ1) is 13.5. The standard InChI is InChI=1S/C20H18F3N3O2S/c1-12-3-6-14(7-4-12)17(27)26-19(2,18(25)29)11-28-16-9-13(10-24)5-8-15(16)20(21,22)23/h3-9H,11H2,1-2H3,(H2,25,29)(H,26,27). The number of hydrogen-bond acceptors (Lipinski definition) is 4. The number of carbonyl (C=O) groups excluding carboxylic acids is 1. The van der Waals surface area contributed by atoms with Gasteiger partial charge >= 0.3 is 6.18 Å². The Morgan fingerprint density at radius 2 is 1.86 bits per heavy atom. The van der Waals surface area contributed by atoms with E-state index in [9.17, 15) is 18.0 Å². The first kappa shape index (κ1) is 22.2. The minimum Gasteiger partial charge on any atom is -0.490 e. The molecule has 0 bridgehead atoms. The first-order valence-corrected chi connectivity index (χ1v) is 8.80. The monoisotopic (exact) mass is 421 g/mol. The van der Waals surface area contributed by atoms with Crippen LogP contribution in [0.25, 0.3) is 0 Å². The number of alkyl halides is 3. The minimum absolute atomic E-state index is 0.00582. The van der Waals surface area contributed by atoms with Crippen LogP contribution >= 0.6 is 12.2 Å². The van der Waals surface area contributed by atoms with Gasteiger partial charge in [0.2, 0.25) is 0 Å². The maximum absolute atomic E-state index is 13.2. The normalized spacial score (nSPS) is 13.1. The number of nitrogens with two attached hydrogens (primary N) is 1. The maximum atomic E-state index is 13.2. The Balaban J connectivity index is 2.27. The van der Waals surface area contributed by atoms with Gasteiger partial charge in [0.05, 0.1) is 17.2 Å². The van der Waals surface area contributed by atoms with Crippen molar-refractivity contribution in [3.8, 4) is 11.8 Å². The predicted octanol–water partition coefficient (Wildman–Crippen LogP) is 3.74. The van der Waals surface area contributed by atoms with Gasteiger partial charge in [0.1, 0.15) is 22.9 Å². The highest BCUT2D eigenvalue weighted by atomic mass is 32.1. The highest BCUT2D eigenvalue weighted by Gasteiger charge is 2.36. The molecule has 0 aliphatic rings. The molecular formula is C20H18F3N3O2S. The van der Waals surface area contributed by atoms with Gasteiger partial charge in [-0.15, -0.1) is 0 Å². The van der Waals surface area contributed by atoms with Crippen molar-refractivity contribution >= 4 is 23.1 Å². The number of nitrogens with zero attached hydrogens (tertiary/aromatic N) is 1. The van der Waals surface area contributed by atoms with E-state index in [-0.39, 0.29) is 10.6 Å². The number of rotatable bonds is 6. The average Bonchev–Trinajstić information content (AvgIpc) is 2.65. The molecule has 0 aliphatic heterocycles. The summed E-state index contributed by atoms with van der Waals surface area (Å²) < 4.78 is 45.1. The van der Waals surface area contributed by atoms with Crippen LogP contribution in [0.2, 0.25) is 0 Å². The molecule has 1 atom stereocenters. The molecule has 0 radical (unpaired) electrons. The van der Waals surface area contributed by atoms with Crippen molar-refractivity contribution in [1.29, 1.82) is 5.26 Å². The van der Waals surface area contributed by atoms with Crippen molar-refractivity contribution in [3.05, 3.63) is 64.7 Å². The van der Waals surface area contributed by atoms with Gasteiger partial charge in [-0.25, -0.2) is 0 Å². The smallest absolute Gasteiger partial charge is 0.419 e. The second kappa shape index (κ2) is 8.49. The fourth-order valence-corrected chi connectivity index (χ4v) is 2.47. The van der Waals surface area contributed by atoms with E-state index in [0.29, 0.717) is 5.56 Å². The quantitative estimate of drug-likeness (QED) is 0.694. The van der Waals surface area contributed by atoms with Crippen molar-refractivity contribution in [2.45, 2.75) is 25.6 Å². The Bertz CT molecular complexity index is 968. The molecule has 0 fully saturated rings. The summed E-state index contributed by atoms with van der Waals surface area (Å²) in [5.41, 5.74) is 4.54. The molecule has 0 saturated carbocycles. The number of nitrogens with one attached hydrogen (secondary N) is 1. The third-order valence-corrected chi connectivity index (χ3v) is 4.63. The summed E-state index contributed by atoms with van der Waals surface area (Å²) in [5, 5.41) is 11.6. The summed E-state index contributed by atoms with van der Waals surface area (Å²) in [7, 11) is 0. The van der Waals surface area contributed by atoms with Crippen LogP contribution in [0.5, 0.6) is 5.75 Å². The molecule has 0 heterocycles. The zero-order chi connectivity index (χ0) is 21.8. The van der Waals surface area contributed by atoms with E-state index in [1.807, 2.05) is 6.92 Å². The Hall–Kier alpha value is -3.12. The highest BCUT2D eigenvalue weighted by molar-refractivity contribution is 7.80. The number of aryl methyl sites for hydroxylation is 1. The third kappa shape index (κ3) is 5.45. The van der Waals surface area contributed by atoms with Crippen LogP contribution in [0.3, 0.4) is 0 Å². The van der Waals surface area contributed by atoms with Crippen LogP contribution in [0.4, 0.5) is 13.2 Å². The largest absolute Gasteiger partial charge is 0.490 e. The fourth-order valence-electron chi connectivity index (χ4n) is 2.36. The molecule has 0 aliphatic carbocycles. The zero-order valence-corrected chi connectivity index (χ0v) is 16.4. The third-order valence-electron chi connectivity index (χ3n) is 4.18. The lowest BCUT2D eigenvalue weighted by molar-refractivity contribution is -0.139. The van der Waals surface area contributed by atoms with E-state index < -0.39 is 35.5 Å².